The third-order valence-electron chi connectivity index (χ3n) is 6.19. The number of hydrogen-bond donors (Lipinski definition) is 1. The van der Waals surface area contributed by atoms with Crippen molar-refractivity contribution in [3.63, 3.8) is 0 Å². The lowest BCUT2D eigenvalue weighted by atomic mass is 9.89. The van der Waals surface area contributed by atoms with E-state index in [1.54, 1.807) is 4.90 Å². The van der Waals surface area contributed by atoms with Crippen LogP contribution in [0, 0.1) is 0 Å². The maximum atomic E-state index is 13.4. The largest absolute Gasteiger partial charge is 0.382 e. The van der Waals surface area contributed by atoms with Gasteiger partial charge in [0.15, 0.2) is 5.11 Å². The number of benzene rings is 2. The molecular formula is C24H24ClN3O2S. The molecule has 0 saturated carbocycles. The van der Waals surface area contributed by atoms with Gasteiger partial charge < -0.3 is 14.6 Å². The quantitative estimate of drug-likeness (QED) is 0.434. The van der Waals surface area contributed by atoms with Crippen molar-refractivity contribution in [2.75, 3.05) is 19.8 Å². The molecule has 3 aromatic rings. The average Bonchev–Trinajstić information content (AvgIpc) is 3.26. The molecule has 2 aromatic carbocycles. The fraction of sp³-hybridized carbons (Fsp3) is 0.333. The van der Waals surface area contributed by atoms with E-state index in [0.717, 1.165) is 23.2 Å². The molecule has 1 amide bonds. The molecule has 0 aliphatic carbocycles. The molecule has 31 heavy (non-hydrogen) atoms. The molecule has 0 radical (unpaired) electrons. The second-order valence-corrected chi connectivity index (χ2v) is 8.77. The minimum atomic E-state index is -0.299. The molecule has 0 bridgehead atoms. The average molecular weight is 454 g/mol. The zero-order valence-corrected chi connectivity index (χ0v) is 18.9. The Balaban J connectivity index is 1.58. The SMILES string of the molecule is CCOCCCN1C(=O)[C@@H]2Cc3c([nH]c4ccccc34)[C@H](c3ccc(Cl)cc3)N2C1=S. The van der Waals surface area contributed by atoms with Crippen LogP contribution in [0.1, 0.15) is 36.2 Å². The number of ether oxygens (including phenoxy) is 1. The fourth-order valence-electron chi connectivity index (χ4n) is 4.80. The number of para-hydroxylation sites is 1. The highest BCUT2D eigenvalue weighted by molar-refractivity contribution is 7.80. The van der Waals surface area contributed by atoms with Crippen LogP contribution in [0.3, 0.4) is 0 Å². The summed E-state index contributed by atoms with van der Waals surface area (Å²) in [5, 5.41) is 2.45. The van der Waals surface area contributed by atoms with Crippen LogP contribution in [-0.2, 0) is 16.0 Å². The van der Waals surface area contributed by atoms with Gasteiger partial charge in [-0.25, -0.2) is 0 Å². The van der Waals surface area contributed by atoms with Gasteiger partial charge in [0.2, 0.25) is 0 Å². The van der Waals surface area contributed by atoms with E-state index >= 15 is 0 Å². The van der Waals surface area contributed by atoms with Crippen molar-refractivity contribution in [1.29, 1.82) is 0 Å². The van der Waals surface area contributed by atoms with Crippen LogP contribution in [0.15, 0.2) is 48.5 Å². The molecule has 7 heteroatoms. The topological polar surface area (TPSA) is 48.6 Å². The molecule has 1 aromatic heterocycles. The Bertz CT molecular complexity index is 1140. The van der Waals surface area contributed by atoms with Crippen LogP contribution in [-0.4, -0.2) is 51.6 Å². The lowest BCUT2D eigenvalue weighted by Gasteiger charge is -2.37. The molecule has 1 saturated heterocycles. The Labute approximate surface area is 191 Å². The van der Waals surface area contributed by atoms with Crippen molar-refractivity contribution in [2.45, 2.75) is 31.8 Å². The number of carbonyl (C=O) groups is 1. The van der Waals surface area contributed by atoms with Crippen molar-refractivity contribution in [2.24, 2.45) is 0 Å². The molecule has 2 atom stereocenters. The fourth-order valence-corrected chi connectivity index (χ4v) is 5.34. The van der Waals surface area contributed by atoms with Crippen molar-refractivity contribution in [1.82, 2.24) is 14.8 Å². The summed E-state index contributed by atoms with van der Waals surface area (Å²) < 4.78 is 5.46. The van der Waals surface area contributed by atoms with Gasteiger partial charge in [-0.1, -0.05) is 41.9 Å². The van der Waals surface area contributed by atoms with Gasteiger partial charge in [0.05, 0.1) is 6.04 Å². The number of hydrogen-bond acceptors (Lipinski definition) is 3. The van der Waals surface area contributed by atoms with Crippen LogP contribution in [0.4, 0.5) is 0 Å². The van der Waals surface area contributed by atoms with Crippen molar-refractivity contribution < 1.29 is 9.53 Å². The summed E-state index contributed by atoms with van der Waals surface area (Å²) >= 11 is 12.0. The molecule has 0 spiro atoms. The third kappa shape index (κ3) is 3.43. The maximum absolute atomic E-state index is 13.4. The summed E-state index contributed by atoms with van der Waals surface area (Å²) in [6.45, 7) is 3.85. The molecule has 1 fully saturated rings. The first-order valence-electron chi connectivity index (χ1n) is 10.7. The second kappa shape index (κ2) is 8.26. The van der Waals surface area contributed by atoms with Gasteiger partial charge in [0, 0.05) is 47.8 Å². The van der Waals surface area contributed by atoms with Gasteiger partial charge in [-0.05, 0) is 54.9 Å². The monoisotopic (exact) mass is 453 g/mol. The first-order valence-corrected chi connectivity index (χ1v) is 11.4. The van der Waals surface area contributed by atoms with E-state index in [4.69, 9.17) is 28.6 Å². The molecular weight excluding hydrogens is 430 g/mol. The normalized spacial score (nSPS) is 20.5. The molecule has 2 aliphatic heterocycles. The number of nitrogens with zero attached hydrogens (tertiary/aromatic N) is 2. The number of aromatic amines is 1. The van der Waals surface area contributed by atoms with E-state index in [-0.39, 0.29) is 18.0 Å². The molecule has 2 aliphatic rings. The van der Waals surface area contributed by atoms with Gasteiger partial charge >= 0.3 is 0 Å². The van der Waals surface area contributed by atoms with E-state index in [1.807, 2.05) is 43.3 Å². The Kier molecular flexibility index (Phi) is 5.46. The number of aromatic nitrogens is 1. The third-order valence-corrected chi connectivity index (χ3v) is 6.88. The zero-order chi connectivity index (χ0) is 21.5. The number of fused-ring (bicyclic) bond motifs is 4. The lowest BCUT2D eigenvalue weighted by Crippen LogP contribution is -2.44. The van der Waals surface area contributed by atoms with Gasteiger partial charge in [0.25, 0.3) is 5.91 Å². The summed E-state index contributed by atoms with van der Waals surface area (Å²) in [7, 11) is 0. The highest BCUT2D eigenvalue weighted by Crippen LogP contribution is 2.44. The lowest BCUT2D eigenvalue weighted by molar-refractivity contribution is -0.128. The number of amides is 1. The summed E-state index contributed by atoms with van der Waals surface area (Å²) in [5.41, 5.74) is 4.45. The zero-order valence-electron chi connectivity index (χ0n) is 17.3. The minimum Gasteiger partial charge on any atom is -0.382 e. The Morgan fingerprint density at radius 1 is 1.19 bits per heavy atom. The molecule has 5 rings (SSSR count). The smallest absolute Gasteiger partial charge is 0.251 e. The molecule has 160 valence electrons. The second-order valence-electron chi connectivity index (χ2n) is 7.97. The van der Waals surface area contributed by atoms with Gasteiger partial charge in [-0.2, -0.15) is 0 Å². The van der Waals surface area contributed by atoms with E-state index in [0.29, 0.717) is 36.3 Å². The van der Waals surface area contributed by atoms with Crippen molar-refractivity contribution >= 4 is 45.7 Å². The van der Waals surface area contributed by atoms with Crippen LogP contribution in [0.2, 0.25) is 5.02 Å². The Morgan fingerprint density at radius 3 is 2.74 bits per heavy atom. The summed E-state index contributed by atoms with van der Waals surface area (Å²) in [5.74, 6) is 0.0800. The van der Waals surface area contributed by atoms with Crippen molar-refractivity contribution in [3.8, 4) is 0 Å². The summed E-state index contributed by atoms with van der Waals surface area (Å²) in [4.78, 5) is 20.9. The van der Waals surface area contributed by atoms with Crippen LogP contribution in [0.5, 0.6) is 0 Å². The first-order chi connectivity index (χ1) is 15.1. The number of H-pyrrole nitrogens is 1. The molecule has 0 unspecified atom stereocenters. The molecule has 1 N–H and O–H groups in total. The number of thiocarbonyl (C=S) groups is 1. The highest BCUT2D eigenvalue weighted by atomic mass is 35.5. The molecule has 5 nitrogen and oxygen atoms in total. The number of nitrogens with one attached hydrogen (secondary N) is 1. The van der Waals surface area contributed by atoms with E-state index < -0.39 is 0 Å². The predicted octanol–water partition coefficient (Wildman–Crippen LogP) is 4.69. The van der Waals surface area contributed by atoms with Crippen LogP contribution in [0.25, 0.3) is 10.9 Å². The molecule has 3 heterocycles. The van der Waals surface area contributed by atoms with Gasteiger partial charge in [-0.3, -0.25) is 9.69 Å². The number of carbonyl (C=O) groups excluding carboxylic acids is 1. The van der Waals surface area contributed by atoms with Gasteiger partial charge in [0.1, 0.15) is 6.04 Å². The van der Waals surface area contributed by atoms with E-state index in [1.165, 1.54) is 10.9 Å². The Morgan fingerprint density at radius 2 is 1.97 bits per heavy atom. The van der Waals surface area contributed by atoms with Crippen molar-refractivity contribution in [3.05, 3.63) is 70.4 Å². The maximum Gasteiger partial charge on any atom is 0.251 e. The first kappa shape index (κ1) is 20.5. The van der Waals surface area contributed by atoms with Crippen LogP contribution >= 0.6 is 23.8 Å². The van der Waals surface area contributed by atoms with Gasteiger partial charge in [-0.15, -0.1) is 0 Å². The highest BCUT2D eigenvalue weighted by Gasteiger charge is 2.50. The van der Waals surface area contributed by atoms with E-state index in [9.17, 15) is 4.79 Å². The predicted molar refractivity (Wildman–Crippen MR) is 126 cm³/mol. The number of halogens is 1. The summed E-state index contributed by atoms with van der Waals surface area (Å²) in [6.07, 6.45) is 1.41. The Hall–Kier alpha value is -2.41. The van der Waals surface area contributed by atoms with E-state index in [2.05, 4.69) is 22.0 Å². The standard InChI is InChI=1S/C24H24ClN3O2S/c1-2-30-13-5-12-27-23(29)20-14-18-17-6-3-4-7-19(17)26-21(18)22(28(20)24(27)31)15-8-10-16(25)11-9-15/h3-4,6-11,20,22,26H,2,5,12-14H2,1H3/t20-,22-/m0/s1. The van der Waals surface area contributed by atoms with Crippen LogP contribution < -0.4 is 0 Å². The minimum absolute atomic E-state index is 0.0800. The summed E-state index contributed by atoms with van der Waals surface area (Å²) in [6, 6.07) is 15.6. The number of rotatable bonds is 6.